The molecule has 0 aromatic rings. The van der Waals surface area contributed by atoms with Gasteiger partial charge in [0, 0.05) is 17.2 Å². The Labute approximate surface area is 92.1 Å². The highest BCUT2D eigenvalue weighted by Gasteiger charge is 2.13. The van der Waals surface area contributed by atoms with Crippen molar-refractivity contribution in [2.75, 3.05) is 6.61 Å². The van der Waals surface area contributed by atoms with Crippen LogP contribution >= 0.6 is 0 Å². The molecule has 0 bridgehead atoms. The molecule has 0 atom stereocenters. The molecule has 0 radical (unpaired) electrons. The molecule has 0 spiro atoms. The Hall–Kier alpha value is -1.06. The highest BCUT2D eigenvalue weighted by molar-refractivity contribution is 5.77. The molecule has 0 rings (SSSR count). The minimum atomic E-state index is -0.228. The average molecular weight is 214 g/mol. The number of oxime groups is 1. The van der Waals surface area contributed by atoms with Crippen molar-refractivity contribution in [3.05, 3.63) is 0 Å². The van der Waals surface area contributed by atoms with Gasteiger partial charge in [-0.2, -0.15) is 0 Å². The summed E-state index contributed by atoms with van der Waals surface area (Å²) >= 11 is 0. The first-order chi connectivity index (χ1) is 6.60. The van der Waals surface area contributed by atoms with Crippen LogP contribution < -0.4 is 5.32 Å². The van der Waals surface area contributed by atoms with Gasteiger partial charge in [0.2, 0.25) is 0 Å². The molecule has 88 valence electrons. The van der Waals surface area contributed by atoms with Crippen LogP contribution in [0.5, 0.6) is 0 Å². The second-order valence-electron chi connectivity index (χ2n) is 5.67. The van der Waals surface area contributed by atoms with E-state index in [1.807, 2.05) is 41.5 Å². The molecule has 1 N–H and O–H groups in total. The van der Waals surface area contributed by atoms with Gasteiger partial charge in [0.1, 0.15) is 0 Å². The number of amides is 1. The van der Waals surface area contributed by atoms with E-state index in [-0.39, 0.29) is 23.5 Å². The van der Waals surface area contributed by atoms with Gasteiger partial charge in [-0.15, -0.1) is 0 Å². The second-order valence-corrected chi connectivity index (χ2v) is 5.67. The number of carbonyl (C=O) groups excluding carboxylic acids is 1. The fraction of sp³-hybridized carbons (Fsp3) is 0.818. The van der Waals surface area contributed by atoms with Crippen molar-refractivity contribution >= 4 is 12.1 Å². The van der Waals surface area contributed by atoms with Gasteiger partial charge in [0.15, 0.2) is 6.61 Å². The van der Waals surface area contributed by atoms with Crippen LogP contribution in [0.2, 0.25) is 0 Å². The summed E-state index contributed by atoms with van der Waals surface area (Å²) in [4.78, 5) is 16.1. The molecule has 0 aliphatic carbocycles. The quantitative estimate of drug-likeness (QED) is 0.576. The van der Waals surface area contributed by atoms with Gasteiger partial charge in [-0.1, -0.05) is 25.9 Å². The third-order valence-electron chi connectivity index (χ3n) is 1.22. The van der Waals surface area contributed by atoms with Crippen molar-refractivity contribution in [1.29, 1.82) is 0 Å². The maximum Gasteiger partial charge on any atom is 0.261 e. The molecule has 0 fully saturated rings. The van der Waals surface area contributed by atoms with Crippen LogP contribution in [0.1, 0.15) is 41.5 Å². The molecule has 15 heavy (non-hydrogen) atoms. The zero-order valence-corrected chi connectivity index (χ0v) is 10.5. The molecule has 0 saturated heterocycles. The minimum absolute atomic E-state index is 0.0273. The van der Waals surface area contributed by atoms with Gasteiger partial charge in [-0.05, 0) is 20.8 Å². The molecular weight excluding hydrogens is 192 g/mol. The first-order valence-corrected chi connectivity index (χ1v) is 5.08. The zero-order chi connectivity index (χ0) is 12.1. The maximum absolute atomic E-state index is 11.3. The summed E-state index contributed by atoms with van der Waals surface area (Å²) in [7, 11) is 0. The summed E-state index contributed by atoms with van der Waals surface area (Å²) in [6, 6.07) is 0. The van der Waals surface area contributed by atoms with E-state index in [1.54, 1.807) is 6.21 Å². The first kappa shape index (κ1) is 13.9. The van der Waals surface area contributed by atoms with Gasteiger partial charge < -0.3 is 10.2 Å². The van der Waals surface area contributed by atoms with Crippen LogP contribution in [0.15, 0.2) is 5.16 Å². The Morgan fingerprint density at radius 1 is 1.27 bits per heavy atom. The van der Waals surface area contributed by atoms with Crippen molar-refractivity contribution in [2.45, 2.75) is 47.1 Å². The van der Waals surface area contributed by atoms with E-state index in [1.165, 1.54) is 0 Å². The summed E-state index contributed by atoms with van der Waals surface area (Å²) in [5.41, 5.74) is -0.255. The molecule has 1 amide bonds. The van der Waals surface area contributed by atoms with E-state index in [9.17, 15) is 4.79 Å². The van der Waals surface area contributed by atoms with Crippen molar-refractivity contribution in [3.63, 3.8) is 0 Å². The standard InChI is InChI=1S/C11H22N2O2/c1-10(2,3)8-12-15-7-9(14)13-11(4,5)6/h8H,7H2,1-6H3,(H,13,14)/b12-8+. The lowest BCUT2D eigenvalue weighted by molar-refractivity contribution is -0.127. The monoisotopic (exact) mass is 214 g/mol. The first-order valence-electron chi connectivity index (χ1n) is 5.08. The highest BCUT2D eigenvalue weighted by Crippen LogP contribution is 2.08. The Balaban J connectivity index is 3.79. The molecule has 0 aliphatic rings. The average Bonchev–Trinajstić information content (AvgIpc) is 1.92. The highest BCUT2D eigenvalue weighted by atomic mass is 16.6. The Kier molecular flexibility index (Phi) is 4.78. The molecule has 0 aliphatic heterocycles. The second kappa shape index (κ2) is 5.14. The van der Waals surface area contributed by atoms with E-state index in [4.69, 9.17) is 4.84 Å². The SMILES string of the molecule is CC(C)(C)/C=N/OCC(=O)NC(C)(C)C. The third-order valence-corrected chi connectivity index (χ3v) is 1.22. The van der Waals surface area contributed by atoms with Gasteiger partial charge in [0.05, 0.1) is 0 Å². The number of hydrogen-bond donors (Lipinski definition) is 1. The van der Waals surface area contributed by atoms with Crippen LogP contribution in [0.3, 0.4) is 0 Å². The minimum Gasteiger partial charge on any atom is -0.386 e. The van der Waals surface area contributed by atoms with Crippen LogP contribution in [0.25, 0.3) is 0 Å². The zero-order valence-electron chi connectivity index (χ0n) is 10.5. The van der Waals surface area contributed by atoms with Crippen molar-refractivity contribution in [1.82, 2.24) is 5.32 Å². The van der Waals surface area contributed by atoms with E-state index in [2.05, 4.69) is 10.5 Å². The van der Waals surface area contributed by atoms with Gasteiger partial charge >= 0.3 is 0 Å². The third kappa shape index (κ3) is 10.9. The Morgan fingerprint density at radius 3 is 2.20 bits per heavy atom. The summed E-state index contributed by atoms with van der Waals surface area (Å²) in [5, 5.41) is 6.51. The van der Waals surface area contributed by atoms with Gasteiger partial charge in [-0.25, -0.2) is 0 Å². The molecule has 0 aromatic heterocycles. The molecule has 0 heterocycles. The van der Waals surface area contributed by atoms with E-state index in [0.29, 0.717) is 0 Å². The number of nitrogens with zero attached hydrogens (tertiary/aromatic N) is 1. The van der Waals surface area contributed by atoms with Gasteiger partial charge in [-0.3, -0.25) is 4.79 Å². The Bertz CT molecular complexity index is 234. The lowest BCUT2D eigenvalue weighted by Crippen LogP contribution is -2.42. The molecule has 4 nitrogen and oxygen atoms in total. The fourth-order valence-corrected chi connectivity index (χ4v) is 0.746. The topological polar surface area (TPSA) is 50.7 Å². The predicted octanol–water partition coefficient (Wildman–Crippen LogP) is 1.95. The van der Waals surface area contributed by atoms with Crippen LogP contribution in [-0.2, 0) is 9.63 Å². The molecule has 0 unspecified atom stereocenters. The summed E-state index contributed by atoms with van der Waals surface area (Å²) in [5.74, 6) is -0.159. The van der Waals surface area contributed by atoms with Crippen LogP contribution in [0, 0.1) is 5.41 Å². The summed E-state index contributed by atoms with van der Waals surface area (Å²) < 4.78 is 0. The lowest BCUT2D eigenvalue weighted by atomic mass is 10.00. The van der Waals surface area contributed by atoms with Crippen LogP contribution in [-0.4, -0.2) is 24.3 Å². The number of nitrogens with one attached hydrogen (secondary N) is 1. The van der Waals surface area contributed by atoms with Crippen molar-refractivity contribution in [2.24, 2.45) is 10.6 Å². The molecule has 0 saturated carbocycles. The number of carbonyl (C=O) groups is 1. The largest absolute Gasteiger partial charge is 0.386 e. The lowest BCUT2D eigenvalue weighted by Gasteiger charge is -2.19. The number of rotatable bonds is 3. The molecule has 0 aromatic carbocycles. The Morgan fingerprint density at radius 2 is 1.80 bits per heavy atom. The van der Waals surface area contributed by atoms with Gasteiger partial charge in [0.25, 0.3) is 5.91 Å². The van der Waals surface area contributed by atoms with E-state index in [0.717, 1.165) is 0 Å². The fourth-order valence-electron chi connectivity index (χ4n) is 0.746. The van der Waals surface area contributed by atoms with Crippen molar-refractivity contribution < 1.29 is 9.63 Å². The summed E-state index contributed by atoms with van der Waals surface area (Å²) in [6.07, 6.45) is 1.68. The maximum atomic E-state index is 11.3. The number of hydrogen-bond acceptors (Lipinski definition) is 3. The van der Waals surface area contributed by atoms with E-state index >= 15 is 0 Å². The predicted molar refractivity (Wildman–Crippen MR) is 61.8 cm³/mol. The smallest absolute Gasteiger partial charge is 0.261 e. The van der Waals surface area contributed by atoms with E-state index < -0.39 is 0 Å². The molecular formula is C11H22N2O2. The summed E-state index contributed by atoms with van der Waals surface area (Å²) in [6.45, 7) is 11.7. The normalized spacial score (nSPS) is 12.9. The molecule has 4 heteroatoms. The van der Waals surface area contributed by atoms with Crippen molar-refractivity contribution in [3.8, 4) is 0 Å². The van der Waals surface area contributed by atoms with Crippen LogP contribution in [0.4, 0.5) is 0 Å².